The molecule has 0 aliphatic carbocycles. The van der Waals surface area contributed by atoms with E-state index in [1.165, 1.54) is 17.0 Å². The van der Waals surface area contributed by atoms with Crippen LogP contribution in [0.25, 0.3) is 0 Å². The van der Waals surface area contributed by atoms with Crippen molar-refractivity contribution in [2.45, 2.75) is 13.2 Å². The number of hydrazine groups is 1. The maximum absolute atomic E-state index is 13.2. The van der Waals surface area contributed by atoms with E-state index in [0.717, 1.165) is 5.01 Å². The number of carbonyl (C=O) groups excluding carboxylic acids is 4. The van der Waals surface area contributed by atoms with Crippen molar-refractivity contribution in [3.05, 3.63) is 30.1 Å². The number of fused-ring (bicyclic) bond motifs is 1. The molecule has 0 radical (unpaired) electrons. The lowest BCUT2D eigenvalue weighted by Crippen LogP contribution is -2.68. The van der Waals surface area contributed by atoms with Crippen LogP contribution in [-0.2, 0) is 23.9 Å². The summed E-state index contributed by atoms with van der Waals surface area (Å²) in [6.07, 6.45) is -0.687. The van der Waals surface area contributed by atoms with Crippen molar-refractivity contribution in [2.75, 3.05) is 37.7 Å². The Morgan fingerprint density at radius 2 is 1.86 bits per heavy atom. The van der Waals surface area contributed by atoms with E-state index in [2.05, 4.69) is 10.7 Å². The Labute approximate surface area is 160 Å². The summed E-state index contributed by atoms with van der Waals surface area (Å²) in [5.74, 6) is -3.23. The highest BCUT2D eigenvalue weighted by atomic mass is 19.1. The average Bonchev–Trinajstić information content (AvgIpc) is 3.09. The van der Waals surface area contributed by atoms with E-state index in [9.17, 15) is 23.6 Å². The number of nitrogens with zero attached hydrogens (tertiary/aromatic N) is 3. The topological polar surface area (TPSA) is 111 Å². The maximum Gasteiger partial charge on any atom is 0.326 e. The van der Waals surface area contributed by atoms with Crippen molar-refractivity contribution < 1.29 is 28.3 Å². The molecule has 2 heterocycles. The Hall–Kier alpha value is -3.21. The summed E-state index contributed by atoms with van der Waals surface area (Å²) >= 11 is 0. The van der Waals surface area contributed by atoms with E-state index in [-0.39, 0.29) is 19.0 Å². The predicted molar refractivity (Wildman–Crippen MR) is 93.7 cm³/mol. The van der Waals surface area contributed by atoms with E-state index in [4.69, 9.17) is 4.74 Å². The van der Waals surface area contributed by atoms with Gasteiger partial charge in [0.2, 0.25) is 5.91 Å². The van der Waals surface area contributed by atoms with Gasteiger partial charge in [0.05, 0.1) is 6.61 Å². The summed E-state index contributed by atoms with van der Waals surface area (Å²) in [5, 5.41) is 3.24. The first-order valence-corrected chi connectivity index (χ1v) is 8.74. The van der Waals surface area contributed by atoms with Gasteiger partial charge in [-0.05, 0) is 31.2 Å². The number of esters is 1. The van der Waals surface area contributed by atoms with Crippen LogP contribution in [0.4, 0.5) is 10.1 Å². The van der Waals surface area contributed by atoms with E-state index in [1.54, 1.807) is 24.0 Å². The molecule has 3 amide bonds. The molecule has 0 aromatic heterocycles. The van der Waals surface area contributed by atoms with Gasteiger partial charge in [-0.1, -0.05) is 0 Å². The number of halogens is 1. The third-order valence-corrected chi connectivity index (χ3v) is 4.33. The van der Waals surface area contributed by atoms with Gasteiger partial charge in [0, 0.05) is 18.8 Å². The quantitative estimate of drug-likeness (QED) is 0.461. The van der Waals surface area contributed by atoms with Gasteiger partial charge in [-0.3, -0.25) is 29.1 Å². The molecule has 0 spiro atoms. The Morgan fingerprint density at radius 1 is 1.18 bits per heavy atom. The molecule has 2 fully saturated rings. The second kappa shape index (κ2) is 8.21. The van der Waals surface area contributed by atoms with Crippen LogP contribution in [0, 0.1) is 5.82 Å². The van der Waals surface area contributed by atoms with Crippen molar-refractivity contribution in [3.8, 4) is 0 Å². The van der Waals surface area contributed by atoms with Gasteiger partial charge in [-0.25, -0.2) is 4.39 Å². The van der Waals surface area contributed by atoms with E-state index in [0.29, 0.717) is 18.8 Å². The molecule has 1 atom stereocenters. The van der Waals surface area contributed by atoms with Gasteiger partial charge in [-0.15, -0.1) is 0 Å². The van der Waals surface area contributed by atoms with Crippen molar-refractivity contribution in [3.63, 3.8) is 0 Å². The van der Waals surface area contributed by atoms with Gasteiger partial charge < -0.3 is 15.0 Å². The number of carbonyl (C=O) groups is 4. The third-order valence-electron chi connectivity index (χ3n) is 4.33. The number of ether oxygens (including phenoxy) is 1. The van der Waals surface area contributed by atoms with E-state index < -0.39 is 36.5 Å². The van der Waals surface area contributed by atoms with E-state index >= 15 is 0 Å². The van der Waals surface area contributed by atoms with Crippen LogP contribution in [0.5, 0.6) is 0 Å². The summed E-state index contributed by atoms with van der Waals surface area (Å²) in [7, 11) is 0. The van der Waals surface area contributed by atoms with Gasteiger partial charge >= 0.3 is 17.8 Å². The number of benzene rings is 1. The van der Waals surface area contributed by atoms with Gasteiger partial charge in [0.1, 0.15) is 18.9 Å². The fraction of sp³-hybridized carbons (Fsp3) is 0.412. The Morgan fingerprint density at radius 3 is 2.54 bits per heavy atom. The van der Waals surface area contributed by atoms with Gasteiger partial charge in [0.15, 0.2) is 6.29 Å². The number of amides is 3. The minimum absolute atomic E-state index is 0.187. The van der Waals surface area contributed by atoms with Crippen LogP contribution in [0.1, 0.15) is 6.92 Å². The average molecular weight is 393 g/mol. The predicted octanol–water partition coefficient (Wildman–Crippen LogP) is -1.22. The largest absolute Gasteiger partial charge is 0.465 e. The maximum atomic E-state index is 13.2. The summed E-state index contributed by atoms with van der Waals surface area (Å²) in [4.78, 5) is 51.1. The first-order valence-electron chi connectivity index (χ1n) is 8.74. The highest BCUT2D eigenvalue weighted by Gasteiger charge is 2.45. The standard InChI is InChI=1S/C17H20FN5O5/c1-2-28-14(25)9-19-13(24)10-23-16(27)15(26)22-8-7-21(17(22)20-23)12-5-3-11(18)4-6-12/h3-6,17,20H,2,7-10H2,1H3,(H,19,24). The number of rotatable bonds is 6. The molecule has 0 saturated carbocycles. The van der Waals surface area contributed by atoms with Crippen LogP contribution in [0.2, 0.25) is 0 Å². The molecule has 1 aromatic rings. The van der Waals surface area contributed by atoms with Gasteiger partial charge in [0.25, 0.3) is 0 Å². The molecule has 11 heteroatoms. The van der Waals surface area contributed by atoms with Crippen molar-refractivity contribution in [1.29, 1.82) is 0 Å². The lowest BCUT2D eigenvalue weighted by molar-refractivity contribution is -0.163. The smallest absolute Gasteiger partial charge is 0.326 e. The third kappa shape index (κ3) is 4.03. The molecule has 28 heavy (non-hydrogen) atoms. The molecule has 150 valence electrons. The van der Waals surface area contributed by atoms with Crippen LogP contribution < -0.4 is 15.6 Å². The van der Waals surface area contributed by atoms with Crippen molar-refractivity contribution >= 4 is 29.4 Å². The fourth-order valence-corrected chi connectivity index (χ4v) is 3.02. The zero-order chi connectivity index (χ0) is 20.3. The number of hydrogen-bond acceptors (Lipinski definition) is 7. The first kappa shape index (κ1) is 19.5. The molecule has 2 saturated heterocycles. The molecule has 1 unspecified atom stereocenters. The monoisotopic (exact) mass is 393 g/mol. The zero-order valence-corrected chi connectivity index (χ0v) is 15.2. The zero-order valence-electron chi connectivity index (χ0n) is 15.2. The van der Waals surface area contributed by atoms with Gasteiger partial charge in [-0.2, -0.15) is 5.43 Å². The number of nitrogens with one attached hydrogen (secondary N) is 2. The molecule has 2 aliphatic heterocycles. The van der Waals surface area contributed by atoms with Crippen LogP contribution in [0.3, 0.4) is 0 Å². The molecule has 1 aromatic carbocycles. The van der Waals surface area contributed by atoms with Crippen LogP contribution in [-0.4, -0.2) is 72.7 Å². The molecule has 10 nitrogen and oxygen atoms in total. The van der Waals surface area contributed by atoms with E-state index in [1.807, 2.05) is 0 Å². The normalized spacial score (nSPS) is 18.9. The highest BCUT2D eigenvalue weighted by molar-refractivity contribution is 6.35. The first-order chi connectivity index (χ1) is 13.4. The Balaban J connectivity index is 1.66. The minimum atomic E-state index is -0.872. The molecule has 2 aliphatic rings. The molecule has 0 bridgehead atoms. The SMILES string of the molecule is CCOC(=O)CNC(=O)CN1NC2N(CCN2c2ccc(F)cc2)C(=O)C1=O. The Bertz CT molecular complexity index is 787. The number of hydrogen-bond donors (Lipinski definition) is 2. The molecular formula is C17H20FN5O5. The summed E-state index contributed by atoms with van der Waals surface area (Å²) in [5.41, 5.74) is 3.51. The number of anilines is 1. The molecule has 3 rings (SSSR count). The highest BCUT2D eigenvalue weighted by Crippen LogP contribution is 2.25. The van der Waals surface area contributed by atoms with Crippen molar-refractivity contribution in [2.24, 2.45) is 0 Å². The van der Waals surface area contributed by atoms with Crippen LogP contribution >= 0.6 is 0 Å². The second-order valence-corrected chi connectivity index (χ2v) is 6.14. The Kier molecular flexibility index (Phi) is 5.73. The van der Waals surface area contributed by atoms with Crippen LogP contribution in [0.15, 0.2) is 24.3 Å². The lowest BCUT2D eigenvalue weighted by Gasteiger charge is -2.40. The second-order valence-electron chi connectivity index (χ2n) is 6.14. The summed E-state index contributed by atoms with van der Waals surface area (Å²) in [6, 6.07) is 5.73. The molecule has 2 N–H and O–H groups in total. The van der Waals surface area contributed by atoms with Crippen molar-refractivity contribution in [1.82, 2.24) is 20.7 Å². The summed E-state index contributed by atoms with van der Waals surface area (Å²) < 4.78 is 17.9. The summed E-state index contributed by atoms with van der Waals surface area (Å²) in [6.45, 7) is 1.78. The molecular weight excluding hydrogens is 373 g/mol. The fourth-order valence-electron chi connectivity index (χ4n) is 3.02. The minimum Gasteiger partial charge on any atom is -0.465 e. The lowest BCUT2D eigenvalue weighted by atomic mass is 10.3.